The Hall–Kier alpha value is -1.99. The fraction of sp³-hybridized carbons (Fsp3) is 0.300. The molecule has 0 fully saturated rings. The van der Waals surface area contributed by atoms with Crippen LogP contribution in [0.4, 0.5) is 13.2 Å². The summed E-state index contributed by atoms with van der Waals surface area (Å²) in [6.45, 7) is 0. The van der Waals surface area contributed by atoms with Crippen LogP contribution >= 0.6 is 11.6 Å². The van der Waals surface area contributed by atoms with E-state index in [0.717, 1.165) is 23.1 Å². The number of hydrogen-bond acceptors (Lipinski definition) is 3. The Labute approximate surface area is 166 Å². The molecule has 0 aromatic heterocycles. The minimum atomic E-state index is -5.60. The minimum Gasteiger partial charge on any atom is -0.381 e. The number of halogens is 4. The lowest BCUT2D eigenvalue weighted by Gasteiger charge is -2.23. The summed E-state index contributed by atoms with van der Waals surface area (Å²) in [5.41, 5.74) is -2.19. The quantitative estimate of drug-likeness (QED) is 0.425. The summed E-state index contributed by atoms with van der Waals surface area (Å²) in [5, 5.41) is 0.653. The second kappa shape index (κ2) is 8.17. The Balaban J connectivity index is 1.70. The molecule has 0 spiro atoms. The first kappa shape index (κ1) is 20.7. The van der Waals surface area contributed by atoms with Gasteiger partial charge in [0.2, 0.25) is 0 Å². The molecule has 1 atom stereocenters. The fourth-order valence-electron chi connectivity index (χ4n) is 3.23. The van der Waals surface area contributed by atoms with Gasteiger partial charge < -0.3 is 4.18 Å². The standard InChI is InChI=1S/C20H18ClF3O3S/c21-17-9-7-15(8-10-17)19-4-2-1-3-16(19)13-14-5-11-18(12-6-14)27-28(25,26)20(22,23)24/h1-4,7-11,14H,5-6,12-13H2. The Morgan fingerprint density at radius 1 is 1.07 bits per heavy atom. The first-order chi connectivity index (χ1) is 13.2. The smallest absolute Gasteiger partial charge is 0.381 e. The van der Waals surface area contributed by atoms with E-state index >= 15 is 0 Å². The van der Waals surface area contributed by atoms with Gasteiger partial charge in [0.15, 0.2) is 0 Å². The summed E-state index contributed by atoms with van der Waals surface area (Å²) < 4.78 is 63.8. The van der Waals surface area contributed by atoms with E-state index in [4.69, 9.17) is 11.6 Å². The van der Waals surface area contributed by atoms with Crippen LogP contribution in [0.3, 0.4) is 0 Å². The number of benzene rings is 2. The lowest BCUT2D eigenvalue weighted by Crippen LogP contribution is -2.26. The summed E-state index contributed by atoms with van der Waals surface area (Å²) in [6.07, 6.45) is 3.34. The van der Waals surface area contributed by atoms with Crippen molar-refractivity contribution in [1.82, 2.24) is 0 Å². The number of rotatable bonds is 5. The SMILES string of the molecule is O=S(=O)(OC1=CCC(Cc2ccccc2-c2ccc(Cl)cc2)CC1)C(F)(F)F. The van der Waals surface area contributed by atoms with Crippen molar-refractivity contribution in [2.75, 3.05) is 0 Å². The van der Waals surface area contributed by atoms with Gasteiger partial charge in [-0.05, 0) is 60.1 Å². The number of hydrogen-bond donors (Lipinski definition) is 0. The van der Waals surface area contributed by atoms with Gasteiger partial charge in [-0.25, -0.2) is 0 Å². The molecule has 2 aromatic rings. The third kappa shape index (κ3) is 4.89. The molecule has 0 N–H and O–H groups in total. The molecule has 150 valence electrons. The molecule has 2 aromatic carbocycles. The molecule has 1 aliphatic rings. The molecular formula is C20H18ClF3O3S. The molecule has 28 heavy (non-hydrogen) atoms. The Morgan fingerprint density at radius 3 is 2.36 bits per heavy atom. The molecule has 0 radical (unpaired) electrons. The third-order valence-corrected chi connectivity index (χ3v) is 5.91. The predicted octanol–water partition coefficient (Wildman–Crippen LogP) is 6.10. The normalized spacial score (nSPS) is 17.9. The molecule has 1 aliphatic carbocycles. The van der Waals surface area contributed by atoms with E-state index in [1.54, 1.807) is 0 Å². The van der Waals surface area contributed by atoms with Gasteiger partial charge in [0.05, 0.1) is 0 Å². The van der Waals surface area contributed by atoms with E-state index in [2.05, 4.69) is 4.18 Å². The van der Waals surface area contributed by atoms with Crippen LogP contribution in [0.25, 0.3) is 11.1 Å². The summed E-state index contributed by atoms with van der Waals surface area (Å²) in [7, 11) is -5.60. The van der Waals surface area contributed by atoms with Crippen LogP contribution in [-0.4, -0.2) is 13.9 Å². The second-order valence-corrected chi connectivity index (χ2v) is 8.64. The maximum atomic E-state index is 12.4. The van der Waals surface area contributed by atoms with Crippen LogP contribution in [-0.2, 0) is 20.7 Å². The summed E-state index contributed by atoms with van der Waals surface area (Å²) in [4.78, 5) is 0. The molecule has 0 amide bonds. The van der Waals surface area contributed by atoms with Crippen LogP contribution in [0.15, 0.2) is 60.4 Å². The maximum absolute atomic E-state index is 12.4. The van der Waals surface area contributed by atoms with Crippen molar-refractivity contribution in [3.63, 3.8) is 0 Å². The first-order valence-corrected chi connectivity index (χ1v) is 10.5. The van der Waals surface area contributed by atoms with Crippen LogP contribution in [0.5, 0.6) is 0 Å². The Morgan fingerprint density at radius 2 is 1.75 bits per heavy atom. The van der Waals surface area contributed by atoms with Gasteiger partial charge in [0.1, 0.15) is 5.76 Å². The first-order valence-electron chi connectivity index (χ1n) is 8.69. The summed E-state index contributed by atoms with van der Waals surface area (Å²) >= 11 is 5.95. The van der Waals surface area contributed by atoms with E-state index in [0.29, 0.717) is 17.9 Å². The second-order valence-electron chi connectivity index (χ2n) is 6.66. The highest BCUT2D eigenvalue weighted by Crippen LogP contribution is 2.34. The van der Waals surface area contributed by atoms with E-state index < -0.39 is 15.6 Å². The molecule has 3 rings (SSSR count). The molecule has 0 heterocycles. The molecular weight excluding hydrogens is 413 g/mol. The Kier molecular flexibility index (Phi) is 6.05. The topological polar surface area (TPSA) is 43.4 Å². The zero-order chi connectivity index (χ0) is 20.4. The van der Waals surface area contributed by atoms with E-state index in [1.165, 1.54) is 6.08 Å². The van der Waals surface area contributed by atoms with Crippen molar-refractivity contribution in [3.05, 3.63) is 71.0 Å². The maximum Gasteiger partial charge on any atom is 0.534 e. The molecule has 0 saturated carbocycles. The fourth-order valence-corrected chi connectivity index (χ4v) is 3.89. The molecule has 0 bridgehead atoms. The average molecular weight is 431 g/mol. The van der Waals surface area contributed by atoms with Gasteiger partial charge in [-0.2, -0.15) is 21.6 Å². The van der Waals surface area contributed by atoms with Crippen molar-refractivity contribution in [1.29, 1.82) is 0 Å². The highest BCUT2D eigenvalue weighted by molar-refractivity contribution is 7.87. The van der Waals surface area contributed by atoms with E-state index in [1.807, 2.05) is 48.5 Å². The minimum absolute atomic E-state index is 0.139. The monoisotopic (exact) mass is 430 g/mol. The van der Waals surface area contributed by atoms with Crippen molar-refractivity contribution in [2.45, 2.75) is 31.2 Å². The van der Waals surface area contributed by atoms with Gasteiger partial charge in [0, 0.05) is 11.4 Å². The van der Waals surface area contributed by atoms with Gasteiger partial charge in [-0.3, -0.25) is 0 Å². The largest absolute Gasteiger partial charge is 0.534 e. The highest BCUT2D eigenvalue weighted by atomic mass is 35.5. The predicted molar refractivity (Wildman–Crippen MR) is 102 cm³/mol. The van der Waals surface area contributed by atoms with Crippen molar-refractivity contribution < 1.29 is 25.8 Å². The average Bonchev–Trinajstić information content (AvgIpc) is 2.63. The van der Waals surface area contributed by atoms with Gasteiger partial charge >= 0.3 is 15.6 Å². The van der Waals surface area contributed by atoms with Crippen LogP contribution < -0.4 is 0 Å². The lowest BCUT2D eigenvalue weighted by atomic mass is 9.85. The molecule has 3 nitrogen and oxygen atoms in total. The van der Waals surface area contributed by atoms with Crippen LogP contribution in [0.1, 0.15) is 24.8 Å². The van der Waals surface area contributed by atoms with Crippen LogP contribution in [0.2, 0.25) is 5.02 Å². The van der Waals surface area contributed by atoms with E-state index in [9.17, 15) is 21.6 Å². The summed E-state index contributed by atoms with van der Waals surface area (Å²) in [6, 6.07) is 15.4. The Bertz CT molecular complexity index is 967. The number of alkyl halides is 3. The highest BCUT2D eigenvalue weighted by Gasteiger charge is 2.48. The van der Waals surface area contributed by atoms with Crippen molar-refractivity contribution in [3.8, 4) is 11.1 Å². The summed E-state index contributed by atoms with van der Waals surface area (Å²) in [5.74, 6) is 0.0500. The van der Waals surface area contributed by atoms with Crippen molar-refractivity contribution in [2.24, 2.45) is 5.92 Å². The van der Waals surface area contributed by atoms with Gasteiger partial charge in [-0.1, -0.05) is 48.0 Å². The molecule has 8 heteroatoms. The van der Waals surface area contributed by atoms with Gasteiger partial charge in [0.25, 0.3) is 0 Å². The van der Waals surface area contributed by atoms with Crippen molar-refractivity contribution >= 4 is 21.7 Å². The molecule has 0 aliphatic heterocycles. The number of allylic oxidation sites excluding steroid dienone is 2. The van der Waals surface area contributed by atoms with Gasteiger partial charge in [-0.15, -0.1) is 0 Å². The lowest BCUT2D eigenvalue weighted by molar-refractivity contribution is -0.0524. The zero-order valence-corrected chi connectivity index (χ0v) is 16.3. The molecule has 0 saturated heterocycles. The van der Waals surface area contributed by atoms with E-state index in [-0.39, 0.29) is 18.1 Å². The van der Waals surface area contributed by atoms with Crippen LogP contribution in [0, 0.1) is 5.92 Å². The zero-order valence-electron chi connectivity index (χ0n) is 14.7. The molecule has 1 unspecified atom stereocenters. The third-order valence-electron chi connectivity index (χ3n) is 4.66.